The van der Waals surface area contributed by atoms with Crippen molar-refractivity contribution in [3.8, 4) is 17.2 Å². The van der Waals surface area contributed by atoms with Crippen LogP contribution in [0.5, 0.6) is 17.2 Å². The van der Waals surface area contributed by atoms with Crippen LogP contribution in [0.15, 0.2) is 48.5 Å². The molecule has 0 aliphatic heterocycles. The summed E-state index contributed by atoms with van der Waals surface area (Å²) in [7, 11) is -4.91. The molecule has 23 heavy (non-hydrogen) atoms. The molecule has 0 aliphatic carbocycles. The van der Waals surface area contributed by atoms with Gasteiger partial charge in [0, 0.05) is 5.56 Å². The Hall–Kier alpha value is -2.58. The Balaban J connectivity index is 2.27. The second-order valence-corrected chi connectivity index (χ2v) is 5.68. The topological polar surface area (TPSA) is 110 Å². The molecule has 1 atom stereocenters. The Labute approximate surface area is 133 Å². The lowest BCUT2D eigenvalue weighted by Crippen LogP contribution is -2.17. The van der Waals surface area contributed by atoms with Gasteiger partial charge in [0.15, 0.2) is 11.5 Å². The van der Waals surface area contributed by atoms with Crippen molar-refractivity contribution in [2.45, 2.75) is 12.8 Å². The van der Waals surface area contributed by atoms with E-state index in [1.165, 1.54) is 25.1 Å². The number of para-hydroxylation sites is 2. The van der Waals surface area contributed by atoms with E-state index in [2.05, 4.69) is 4.18 Å². The monoisotopic (exact) mass is 338 g/mol. The van der Waals surface area contributed by atoms with Gasteiger partial charge in [-0.05, 0) is 25.1 Å². The Morgan fingerprint density at radius 1 is 1.09 bits per heavy atom. The highest BCUT2D eigenvalue weighted by Gasteiger charge is 2.25. The molecule has 2 N–H and O–H groups in total. The molecule has 0 bridgehead atoms. The van der Waals surface area contributed by atoms with Gasteiger partial charge in [0.2, 0.25) is 0 Å². The molecule has 0 spiro atoms. The number of hydrogen-bond acceptors (Lipinski definition) is 6. The first-order valence-corrected chi connectivity index (χ1v) is 7.90. The first-order valence-electron chi connectivity index (χ1n) is 6.53. The van der Waals surface area contributed by atoms with Crippen molar-refractivity contribution in [1.82, 2.24) is 0 Å². The fourth-order valence-electron chi connectivity index (χ4n) is 1.89. The van der Waals surface area contributed by atoms with Crippen LogP contribution in [0.1, 0.15) is 18.4 Å². The average Bonchev–Trinajstić information content (AvgIpc) is 2.48. The van der Waals surface area contributed by atoms with Gasteiger partial charge < -0.3 is 14.0 Å². The van der Waals surface area contributed by atoms with Crippen LogP contribution in [0.25, 0.3) is 0 Å². The maximum absolute atomic E-state index is 11.7. The molecule has 0 saturated carbocycles. The summed E-state index contributed by atoms with van der Waals surface area (Å²) in [4.78, 5) is 11.7. The van der Waals surface area contributed by atoms with Crippen LogP contribution in [0, 0.1) is 0 Å². The lowest BCUT2D eigenvalue weighted by atomic mass is 10.00. The molecular weight excluding hydrogens is 324 g/mol. The molecule has 122 valence electrons. The number of carbonyl (C=O) groups is 1. The first kappa shape index (κ1) is 16.8. The zero-order chi connectivity index (χ0) is 17.0. The minimum absolute atomic E-state index is 0.0974. The molecule has 0 heterocycles. The van der Waals surface area contributed by atoms with Gasteiger partial charge in [-0.25, -0.2) is 0 Å². The summed E-state index contributed by atoms with van der Waals surface area (Å²) in [6, 6.07) is 13.1. The standard InChI is InChI=1S/C15H14O7S/c1-10(15(17)22-23(18,19)20)12-8-5-9-13(14(12)16)21-11-6-3-2-4-7-11/h2-10,16H,1H3,(H,18,19,20). The van der Waals surface area contributed by atoms with Crippen molar-refractivity contribution >= 4 is 16.4 Å². The number of benzene rings is 2. The van der Waals surface area contributed by atoms with E-state index in [0.29, 0.717) is 5.75 Å². The molecule has 2 aromatic carbocycles. The predicted molar refractivity (Wildman–Crippen MR) is 80.7 cm³/mol. The number of ether oxygens (including phenoxy) is 1. The highest BCUT2D eigenvalue weighted by molar-refractivity contribution is 7.81. The zero-order valence-corrected chi connectivity index (χ0v) is 12.9. The van der Waals surface area contributed by atoms with Gasteiger partial charge in [0.1, 0.15) is 5.75 Å². The van der Waals surface area contributed by atoms with Gasteiger partial charge in [-0.15, -0.1) is 0 Å². The molecule has 0 radical (unpaired) electrons. The van der Waals surface area contributed by atoms with Gasteiger partial charge in [-0.2, -0.15) is 8.42 Å². The Morgan fingerprint density at radius 3 is 2.35 bits per heavy atom. The van der Waals surface area contributed by atoms with E-state index >= 15 is 0 Å². The van der Waals surface area contributed by atoms with Crippen LogP contribution in [-0.2, 0) is 19.4 Å². The molecule has 1 unspecified atom stereocenters. The minimum Gasteiger partial charge on any atom is -0.504 e. The SMILES string of the molecule is CC(C(=O)OS(=O)(=O)O)c1cccc(Oc2ccccc2)c1O. The molecule has 0 saturated heterocycles. The van der Waals surface area contributed by atoms with E-state index in [-0.39, 0.29) is 17.1 Å². The van der Waals surface area contributed by atoms with E-state index in [9.17, 15) is 18.3 Å². The van der Waals surface area contributed by atoms with Crippen LogP contribution in [0.3, 0.4) is 0 Å². The molecule has 8 heteroatoms. The Morgan fingerprint density at radius 2 is 1.74 bits per heavy atom. The molecule has 0 aliphatic rings. The largest absolute Gasteiger partial charge is 0.504 e. The molecule has 0 amide bonds. The molecule has 0 aromatic heterocycles. The van der Waals surface area contributed by atoms with Crippen LogP contribution in [-0.4, -0.2) is 24.0 Å². The first-order chi connectivity index (χ1) is 10.8. The quantitative estimate of drug-likeness (QED) is 0.806. The Kier molecular flexibility index (Phi) is 4.87. The van der Waals surface area contributed by atoms with E-state index in [0.717, 1.165) is 0 Å². The van der Waals surface area contributed by atoms with Gasteiger partial charge in [-0.3, -0.25) is 9.35 Å². The summed E-state index contributed by atoms with van der Waals surface area (Å²) in [5.74, 6) is -2.10. The van der Waals surface area contributed by atoms with Crippen LogP contribution in [0.2, 0.25) is 0 Å². The number of rotatable bonds is 5. The number of aromatic hydroxyl groups is 1. The fourth-order valence-corrected chi connectivity index (χ4v) is 2.24. The summed E-state index contributed by atoms with van der Waals surface area (Å²) in [6.07, 6.45) is 0. The van der Waals surface area contributed by atoms with E-state index in [4.69, 9.17) is 9.29 Å². The fraction of sp³-hybridized carbons (Fsp3) is 0.133. The van der Waals surface area contributed by atoms with Gasteiger partial charge >= 0.3 is 16.4 Å². The molecule has 2 aromatic rings. The predicted octanol–water partition coefficient (Wildman–Crippen LogP) is 2.63. The normalized spacial score (nSPS) is 12.4. The van der Waals surface area contributed by atoms with Crippen molar-refractivity contribution in [3.63, 3.8) is 0 Å². The highest BCUT2D eigenvalue weighted by Crippen LogP contribution is 2.37. The zero-order valence-electron chi connectivity index (χ0n) is 12.0. The minimum atomic E-state index is -4.91. The molecule has 7 nitrogen and oxygen atoms in total. The second-order valence-electron chi connectivity index (χ2n) is 4.66. The highest BCUT2D eigenvalue weighted by atomic mass is 32.3. The lowest BCUT2D eigenvalue weighted by Gasteiger charge is -2.14. The summed E-state index contributed by atoms with van der Waals surface area (Å²) < 4.78 is 39.2. The summed E-state index contributed by atoms with van der Waals surface area (Å²) in [6.45, 7) is 1.33. The van der Waals surface area contributed by atoms with Crippen molar-refractivity contribution in [2.24, 2.45) is 0 Å². The van der Waals surface area contributed by atoms with Crippen LogP contribution < -0.4 is 4.74 Å². The van der Waals surface area contributed by atoms with Gasteiger partial charge in [0.25, 0.3) is 0 Å². The van der Waals surface area contributed by atoms with Gasteiger partial charge in [0.05, 0.1) is 5.92 Å². The summed E-state index contributed by atoms with van der Waals surface area (Å²) >= 11 is 0. The van der Waals surface area contributed by atoms with Gasteiger partial charge in [-0.1, -0.05) is 30.3 Å². The summed E-state index contributed by atoms with van der Waals surface area (Å²) in [5, 5.41) is 10.2. The third-order valence-electron chi connectivity index (χ3n) is 3.01. The van der Waals surface area contributed by atoms with E-state index < -0.39 is 22.3 Å². The number of phenols is 1. The number of phenolic OH excluding ortho intramolecular Hbond substituents is 1. The van der Waals surface area contributed by atoms with E-state index in [1.54, 1.807) is 30.3 Å². The molecular formula is C15H14O7S. The number of hydrogen-bond donors (Lipinski definition) is 2. The molecule has 2 rings (SSSR count). The maximum atomic E-state index is 11.7. The Bertz CT molecular complexity index is 800. The maximum Gasteiger partial charge on any atom is 0.448 e. The molecule has 0 fully saturated rings. The van der Waals surface area contributed by atoms with Crippen molar-refractivity contribution in [3.05, 3.63) is 54.1 Å². The van der Waals surface area contributed by atoms with Crippen LogP contribution >= 0.6 is 0 Å². The van der Waals surface area contributed by atoms with Crippen molar-refractivity contribution in [1.29, 1.82) is 0 Å². The van der Waals surface area contributed by atoms with E-state index in [1.807, 2.05) is 0 Å². The second kappa shape index (κ2) is 6.67. The smallest absolute Gasteiger partial charge is 0.448 e. The van der Waals surface area contributed by atoms with Crippen molar-refractivity contribution in [2.75, 3.05) is 0 Å². The third-order valence-corrected chi connectivity index (χ3v) is 3.38. The average molecular weight is 338 g/mol. The number of carbonyl (C=O) groups excluding carboxylic acids is 1. The van der Waals surface area contributed by atoms with Crippen LogP contribution in [0.4, 0.5) is 0 Å². The third kappa shape index (κ3) is 4.44. The van der Waals surface area contributed by atoms with Crippen molar-refractivity contribution < 1.29 is 31.8 Å². The summed E-state index contributed by atoms with van der Waals surface area (Å²) in [5.41, 5.74) is 0.104. The lowest BCUT2D eigenvalue weighted by molar-refractivity contribution is -0.135.